The summed E-state index contributed by atoms with van der Waals surface area (Å²) in [5.41, 5.74) is 1.80. The number of carbonyl (C=O) groups is 2. The van der Waals surface area contributed by atoms with Gasteiger partial charge in [0.25, 0.3) is 5.91 Å². The second-order valence-corrected chi connectivity index (χ2v) is 9.42. The fraction of sp³-hybridized carbons (Fsp3) is 0.444. The Balaban J connectivity index is 1.54. The molecule has 0 spiro atoms. The number of hydrazone groups is 1. The van der Waals surface area contributed by atoms with Crippen molar-refractivity contribution in [1.29, 1.82) is 0 Å². The molecular weight excluding hydrogens is 446 g/mol. The van der Waals surface area contributed by atoms with Gasteiger partial charge in [-0.1, -0.05) is 26.0 Å². The van der Waals surface area contributed by atoms with Crippen molar-refractivity contribution in [2.75, 3.05) is 34.4 Å². The van der Waals surface area contributed by atoms with Gasteiger partial charge >= 0.3 is 0 Å². The molecule has 186 valence electrons. The highest BCUT2D eigenvalue weighted by atomic mass is 16.5. The molecule has 8 nitrogen and oxygen atoms in total. The minimum atomic E-state index is -0.494. The number of aldehydes is 1. The van der Waals surface area contributed by atoms with Crippen LogP contribution in [0.3, 0.4) is 0 Å². The molecule has 2 aromatic carbocycles. The standard InChI is InChI=1S/C27H33N3O5/c1-27(2)24(17-31)30(28-25(27)18-10-11-22(34-4)23(16-18)35-5)19-12-14-29(15-13-19)26(32)20-8-6-7-9-21(20)33-3/h6-11,16-17,19,24H,12-15H2,1-5H3. The van der Waals surface area contributed by atoms with E-state index >= 15 is 0 Å². The van der Waals surface area contributed by atoms with Crippen molar-refractivity contribution in [2.24, 2.45) is 10.5 Å². The number of methoxy groups -OCH3 is 3. The molecule has 4 rings (SSSR count). The Labute approximate surface area is 206 Å². The molecular formula is C27H33N3O5. The molecule has 0 bridgehead atoms. The van der Waals surface area contributed by atoms with Crippen LogP contribution in [0.25, 0.3) is 0 Å². The summed E-state index contributed by atoms with van der Waals surface area (Å²) in [5, 5.41) is 6.92. The van der Waals surface area contributed by atoms with Crippen molar-refractivity contribution in [3.63, 3.8) is 0 Å². The largest absolute Gasteiger partial charge is 0.496 e. The number of piperidine rings is 1. The van der Waals surface area contributed by atoms with Gasteiger partial charge in [0.1, 0.15) is 18.1 Å². The van der Waals surface area contributed by atoms with E-state index in [1.807, 2.05) is 54.1 Å². The number of amides is 1. The molecule has 0 saturated carbocycles. The first-order valence-electron chi connectivity index (χ1n) is 11.8. The van der Waals surface area contributed by atoms with Crippen LogP contribution in [0.4, 0.5) is 0 Å². The highest BCUT2D eigenvalue weighted by Gasteiger charge is 2.47. The molecule has 1 saturated heterocycles. The van der Waals surface area contributed by atoms with E-state index < -0.39 is 11.5 Å². The zero-order valence-electron chi connectivity index (χ0n) is 21.0. The summed E-state index contributed by atoms with van der Waals surface area (Å²) >= 11 is 0. The Hall–Kier alpha value is -3.55. The minimum absolute atomic E-state index is 0.0379. The number of hydrogen-bond donors (Lipinski definition) is 0. The average molecular weight is 480 g/mol. The predicted molar refractivity (Wildman–Crippen MR) is 133 cm³/mol. The van der Waals surface area contributed by atoms with Gasteiger partial charge in [-0.05, 0) is 43.2 Å². The van der Waals surface area contributed by atoms with Crippen LogP contribution in [-0.4, -0.2) is 74.3 Å². The highest BCUT2D eigenvalue weighted by molar-refractivity contribution is 6.07. The maximum absolute atomic E-state index is 13.1. The van der Waals surface area contributed by atoms with Gasteiger partial charge in [0.2, 0.25) is 0 Å². The number of carbonyl (C=O) groups excluding carboxylic acids is 2. The van der Waals surface area contributed by atoms with Gasteiger partial charge < -0.3 is 23.9 Å². The lowest BCUT2D eigenvalue weighted by atomic mass is 9.78. The highest BCUT2D eigenvalue weighted by Crippen LogP contribution is 2.40. The molecule has 1 atom stereocenters. The molecule has 1 unspecified atom stereocenters. The Morgan fingerprint density at radius 2 is 1.63 bits per heavy atom. The number of benzene rings is 2. The van der Waals surface area contributed by atoms with Crippen molar-refractivity contribution in [3.05, 3.63) is 53.6 Å². The SMILES string of the molecule is COc1ccc(C2=NN(C3CCN(C(=O)c4ccccc4OC)CC3)C(C=O)C2(C)C)cc1OC. The summed E-state index contributed by atoms with van der Waals surface area (Å²) in [7, 11) is 4.77. The lowest BCUT2D eigenvalue weighted by Gasteiger charge is -2.39. The van der Waals surface area contributed by atoms with E-state index in [1.54, 1.807) is 33.5 Å². The molecule has 2 aromatic rings. The first-order chi connectivity index (χ1) is 16.8. The first-order valence-corrected chi connectivity index (χ1v) is 11.8. The van der Waals surface area contributed by atoms with Crippen molar-refractivity contribution >= 4 is 17.9 Å². The van der Waals surface area contributed by atoms with E-state index in [1.165, 1.54) is 0 Å². The first kappa shape index (κ1) is 24.6. The van der Waals surface area contributed by atoms with E-state index in [4.69, 9.17) is 19.3 Å². The summed E-state index contributed by atoms with van der Waals surface area (Å²) in [6.07, 6.45) is 2.44. The van der Waals surface area contributed by atoms with E-state index in [0.29, 0.717) is 35.9 Å². The van der Waals surface area contributed by atoms with Gasteiger partial charge in [0.15, 0.2) is 11.5 Å². The predicted octanol–water partition coefficient (Wildman–Crippen LogP) is 3.63. The van der Waals surface area contributed by atoms with Gasteiger partial charge in [-0.3, -0.25) is 9.80 Å². The molecule has 0 aromatic heterocycles. The molecule has 2 heterocycles. The van der Waals surface area contributed by atoms with Gasteiger partial charge in [-0.25, -0.2) is 0 Å². The lowest BCUT2D eigenvalue weighted by molar-refractivity contribution is -0.115. The van der Waals surface area contributed by atoms with Crippen molar-refractivity contribution in [2.45, 2.75) is 38.8 Å². The summed E-state index contributed by atoms with van der Waals surface area (Å²) in [6.45, 7) is 5.26. The maximum Gasteiger partial charge on any atom is 0.257 e. The molecule has 2 aliphatic rings. The molecule has 8 heteroatoms. The van der Waals surface area contributed by atoms with Gasteiger partial charge in [0, 0.05) is 24.1 Å². The molecule has 1 amide bonds. The Bertz CT molecular complexity index is 1120. The van der Waals surface area contributed by atoms with Gasteiger partial charge in [-0.15, -0.1) is 0 Å². The Morgan fingerprint density at radius 3 is 2.26 bits per heavy atom. The van der Waals surface area contributed by atoms with Crippen LogP contribution in [0.15, 0.2) is 47.6 Å². The van der Waals surface area contributed by atoms with Crippen LogP contribution in [-0.2, 0) is 4.79 Å². The number of para-hydroxylation sites is 1. The van der Waals surface area contributed by atoms with Gasteiger partial charge in [0.05, 0.1) is 38.6 Å². The smallest absolute Gasteiger partial charge is 0.257 e. The second-order valence-electron chi connectivity index (χ2n) is 9.42. The molecule has 1 fully saturated rings. The number of nitrogens with zero attached hydrogens (tertiary/aromatic N) is 3. The normalized spacial score (nSPS) is 19.8. The zero-order valence-corrected chi connectivity index (χ0v) is 21.0. The Kier molecular flexibility index (Phi) is 7.00. The van der Waals surface area contributed by atoms with Crippen LogP contribution in [0.2, 0.25) is 0 Å². The third kappa shape index (κ3) is 4.45. The monoisotopic (exact) mass is 479 g/mol. The van der Waals surface area contributed by atoms with Crippen molar-refractivity contribution in [1.82, 2.24) is 9.91 Å². The van der Waals surface area contributed by atoms with E-state index in [9.17, 15) is 9.59 Å². The fourth-order valence-electron chi connectivity index (χ4n) is 5.06. The van der Waals surface area contributed by atoms with E-state index in [0.717, 1.165) is 30.4 Å². The summed E-state index contributed by atoms with van der Waals surface area (Å²) in [6, 6.07) is 12.6. The number of hydrogen-bond acceptors (Lipinski definition) is 7. The minimum Gasteiger partial charge on any atom is -0.496 e. The summed E-state index contributed by atoms with van der Waals surface area (Å²) in [5.74, 6) is 1.80. The molecule has 2 aliphatic heterocycles. The van der Waals surface area contributed by atoms with Crippen LogP contribution >= 0.6 is 0 Å². The number of rotatable bonds is 7. The third-order valence-electron chi connectivity index (χ3n) is 7.10. The van der Waals surface area contributed by atoms with Crippen LogP contribution in [0.5, 0.6) is 17.2 Å². The van der Waals surface area contributed by atoms with E-state index in [-0.39, 0.29) is 11.9 Å². The number of likely N-dealkylation sites (tertiary alicyclic amines) is 1. The molecule has 0 aliphatic carbocycles. The number of ether oxygens (including phenoxy) is 3. The average Bonchev–Trinajstić information content (AvgIpc) is 3.17. The second kappa shape index (κ2) is 9.98. The third-order valence-corrected chi connectivity index (χ3v) is 7.10. The maximum atomic E-state index is 13.1. The Morgan fingerprint density at radius 1 is 0.971 bits per heavy atom. The van der Waals surface area contributed by atoms with E-state index in [2.05, 4.69) is 0 Å². The quantitative estimate of drug-likeness (QED) is 0.564. The molecule has 0 radical (unpaired) electrons. The summed E-state index contributed by atoms with van der Waals surface area (Å²) in [4.78, 5) is 27.2. The van der Waals surface area contributed by atoms with Crippen molar-refractivity contribution < 1.29 is 23.8 Å². The lowest BCUT2D eigenvalue weighted by Crippen LogP contribution is -2.50. The van der Waals surface area contributed by atoms with Crippen molar-refractivity contribution in [3.8, 4) is 17.2 Å². The zero-order chi connectivity index (χ0) is 25.2. The van der Waals surface area contributed by atoms with Crippen LogP contribution < -0.4 is 14.2 Å². The molecule has 0 N–H and O–H groups in total. The topological polar surface area (TPSA) is 80.7 Å². The molecule has 35 heavy (non-hydrogen) atoms. The fourth-order valence-corrected chi connectivity index (χ4v) is 5.06. The van der Waals surface area contributed by atoms with Crippen LogP contribution in [0, 0.1) is 5.41 Å². The van der Waals surface area contributed by atoms with Crippen LogP contribution in [0.1, 0.15) is 42.6 Å². The van der Waals surface area contributed by atoms with Gasteiger partial charge in [-0.2, -0.15) is 5.10 Å². The summed E-state index contributed by atoms with van der Waals surface area (Å²) < 4.78 is 16.2.